The van der Waals surface area contributed by atoms with Crippen molar-refractivity contribution in [2.45, 2.75) is 50.3 Å². The molecular weight excluding hydrogens is 194 g/mol. The first-order valence-corrected chi connectivity index (χ1v) is 6.64. The zero-order valence-corrected chi connectivity index (χ0v) is 9.81. The zero-order valence-electron chi connectivity index (χ0n) is 9.05. The Kier molecular flexibility index (Phi) is 4.12. The second-order valence-electron chi connectivity index (χ2n) is 4.98. The number of alkyl halides is 1. The topological polar surface area (TPSA) is 3.24 Å². The van der Waals surface area contributed by atoms with Crippen LogP contribution in [0, 0.1) is 5.92 Å². The molecule has 1 saturated heterocycles. The van der Waals surface area contributed by atoms with Gasteiger partial charge in [0.2, 0.25) is 0 Å². The largest absolute Gasteiger partial charge is 0.303 e. The number of halogens is 1. The summed E-state index contributed by atoms with van der Waals surface area (Å²) in [7, 11) is 0. The standard InChI is InChI=1S/C12H22ClN/c13-12-6-3-8-14(9-7-12)10-11-4-1-2-5-11/h11-12H,1-10H2. The molecule has 0 amide bonds. The van der Waals surface area contributed by atoms with E-state index >= 15 is 0 Å². The molecule has 82 valence electrons. The van der Waals surface area contributed by atoms with Gasteiger partial charge in [0.15, 0.2) is 0 Å². The van der Waals surface area contributed by atoms with Crippen molar-refractivity contribution in [1.29, 1.82) is 0 Å². The first kappa shape index (κ1) is 10.8. The lowest BCUT2D eigenvalue weighted by molar-refractivity contribution is 0.240. The number of likely N-dealkylation sites (tertiary alicyclic amines) is 1. The summed E-state index contributed by atoms with van der Waals surface area (Å²) in [5, 5.41) is 0.448. The summed E-state index contributed by atoms with van der Waals surface area (Å²) in [5.74, 6) is 1.00. The van der Waals surface area contributed by atoms with E-state index in [-0.39, 0.29) is 0 Å². The second-order valence-corrected chi connectivity index (χ2v) is 5.60. The highest BCUT2D eigenvalue weighted by Crippen LogP contribution is 2.26. The molecule has 1 heterocycles. The van der Waals surface area contributed by atoms with Crippen LogP contribution in [-0.2, 0) is 0 Å². The molecule has 0 N–H and O–H groups in total. The lowest BCUT2D eigenvalue weighted by Gasteiger charge is -2.23. The molecule has 2 heteroatoms. The molecule has 14 heavy (non-hydrogen) atoms. The van der Waals surface area contributed by atoms with Gasteiger partial charge in [0.1, 0.15) is 0 Å². The maximum absolute atomic E-state index is 6.18. The summed E-state index contributed by atoms with van der Waals surface area (Å²) < 4.78 is 0. The fraction of sp³-hybridized carbons (Fsp3) is 1.00. The van der Waals surface area contributed by atoms with Gasteiger partial charge >= 0.3 is 0 Å². The van der Waals surface area contributed by atoms with Crippen molar-refractivity contribution in [3.63, 3.8) is 0 Å². The van der Waals surface area contributed by atoms with E-state index in [2.05, 4.69) is 4.90 Å². The van der Waals surface area contributed by atoms with E-state index in [0.717, 1.165) is 5.92 Å². The van der Waals surface area contributed by atoms with Gasteiger partial charge in [-0.15, -0.1) is 11.6 Å². The number of hydrogen-bond donors (Lipinski definition) is 0. The molecule has 0 spiro atoms. The minimum Gasteiger partial charge on any atom is -0.303 e. The van der Waals surface area contributed by atoms with Crippen molar-refractivity contribution >= 4 is 11.6 Å². The third kappa shape index (κ3) is 3.13. The number of nitrogens with zero attached hydrogens (tertiary/aromatic N) is 1. The minimum absolute atomic E-state index is 0.448. The lowest BCUT2D eigenvalue weighted by atomic mass is 10.1. The van der Waals surface area contributed by atoms with Crippen LogP contribution in [0.1, 0.15) is 44.9 Å². The van der Waals surface area contributed by atoms with E-state index in [1.54, 1.807) is 0 Å². The molecule has 0 aromatic rings. The summed E-state index contributed by atoms with van der Waals surface area (Å²) in [6.45, 7) is 3.88. The summed E-state index contributed by atoms with van der Waals surface area (Å²) >= 11 is 6.18. The normalized spacial score (nSPS) is 31.9. The smallest absolute Gasteiger partial charge is 0.0348 e. The molecule has 1 aliphatic carbocycles. The summed E-state index contributed by atoms with van der Waals surface area (Å²) in [4.78, 5) is 2.65. The molecule has 1 aliphatic heterocycles. The van der Waals surface area contributed by atoms with Crippen LogP contribution in [0.3, 0.4) is 0 Å². The predicted octanol–water partition coefficient (Wildman–Crippen LogP) is 3.27. The Balaban J connectivity index is 1.73. The van der Waals surface area contributed by atoms with Crippen LogP contribution in [-0.4, -0.2) is 29.9 Å². The van der Waals surface area contributed by atoms with E-state index in [1.165, 1.54) is 64.6 Å². The monoisotopic (exact) mass is 215 g/mol. The van der Waals surface area contributed by atoms with Crippen LogP contribution >= 0.6 is 11.6 Å². The second kappa shape index (κ2) is 5.37. The Hall–Kier alpha value is 0.250. The average molecular weight is 216 g/mol. The number of hydrogen-bond acceptors (Lipinski definition) is 1. The quantitative estimate of drug-likeness (QED) is 0.640. The van der Waals surface area contributed by atoms with E-state index < -0.39 is 0 Å². The van der Waals surface area contributed by atoms with Crippen molar-refractivity contribution in [2.75, 3.05) is 19.6 Å². The van der Waals surface area contributed by atoms with Crippen LogP contribution in [0.5, 0.6) is 0 Å². The van der Waals surface area contributed by atoms with Crippen molar-refractivity contribution in [3.05, 3.63) is 0 Å². The van der Waals surface area contributed by atoms with Gasteiger partial charge in [-0.1, -0.05) is 12.8 Å². The Bertz CT molecular complexity index is 166. The van der Waals surface area contributed by atoms with Crippen LogP contribution in [0.4, 0.5) is 0 Å². The lowest BCUT2D eigenvalue weighted by Crippen LogP contribution is -2.29. The van der Waals surface area contributed by atoms with Crippen LogP contribution in [0.25, 0.3) is 0 Å². The Morgan fingerprint density at radius 3 is 2.50 bits per heavy atom. The molecule has 0 radical (unpaired) electrons. The zero-order chi connectivity index (χ0) is 9.80. The highest BCUT2D eigenvalue weighted by atomic mass is 35.5. The first-order valence-electron chi connectivity index (χ1n) is 6.21. The van der Waals surface area contributed by atoms with E-state index in [4.69, 9.17) is 11.6 Å². The molecule has 1 saturated carbocycles. The van der Waals surface area contributed by atoms with Crippen molar-refractivity contribution in [3.8, 4) is 0 Å². The van der Waals surface area contributed by atoms with Gasteiger partial charge in [-0.3, -0.25) is 0 Å². The Morgan fingerprint density at radius 2 is 1.71 bits per heavy atom. The fourth-order valence-corrected chi connectivity index (χ4v) is 3.11. The molecule has 0 aromatic carbocycles. The average Bonchev–Trinajstić information content (AvgIpc) is 2.58. The summed E-state index contributed by atoms with van der Waals surface area (Å²) in [6, 6.07) is 0. The fourth-order valence-electron chi connectivity index (χ4n) is 2.86. The Labute approximate surface area is 92.8 Å². The Morgan fingerprint density at radius 1 is 0.929 bits per heavy atom. The highest BCUT2D eigenvalue weighted by Gasteiger charge is 2.20. The molecule has 2 fully saturated rings. The van der Waals surface area contributed by atoms with E-state index in [1.807, 2.05) is 0 Å². The summed E-state index contributed by atoms with van der Waals surface area (Å²) in [6.07, 6.45) is 9.62. The highest BCUT2D eigenvalue weighted by molar-refractivity contribution is 6.20. The van der Waals surface area contributed by atoms with Gasteiger partial charge in [-0.2, -0.15) is 0 Å². The predicted molar refractivity (Wildman–Crippen MR) is 61.9 cm³/mol. The maximum atomic E-state index is 6.18. The molecule has 1 atom stereocenters. The van der Waals surface area contributed by atoms with Crippen molar-refractivity contribution in [1.82, 2.24) is 4.90 Å². The van der Waals surface area contributed by atoms with Crippen molar-refractivity contribution < 1.29 is 0 Å². The SMILES string of the molecule is ClC1CCCN(CC2CCCC2)CC1. The van der Waals surface area contributed by atoms with Gasteiger partial charge in [0.05, 0.1) is 0 Å². The van der Waals surface area contributed by atoms with Crippen LogP contribution in [0.2, 0.25) is 0 Å². The van der Waals surface area contributed by atoms with Gasteiger partial charge in [-0.25, -0.2) is 0 Å². The molecule has 2 rings (SSSR count). The van der Waals surface area contributed by atoms with Crippen molar-refractivity contribution in [2.24, 2.45) is 5.92 Å². The molecule has 1 nitrogen and oxygen atoms in total. The molecular formula is C12H22ClN. The maximum Gasteiger partial charge on any atom is 0.0348 e. The minimum atomic E-state index is 0.448. The molecule has 0 bridgehead atoms. The van der Waals surface area contributed by atoms with Crippen LogP contribution in [0.15, 0.2) is 0 Å². The molecule has 1 unspecified atom stereocenters. The van der Waals surface area contributed by atoms with Gasteiger partial charge < -0.3 is 4.90 Å². The van der Waals surface area contributed by atoms with E-state index in [0.29, 0.717) is 5.38 Å². The van der Waals surface area contributed by atoms with Gasteiger partial charge in [0, 0.05) is 11.9 Å². The van der Waals surface area contributed by atoms with Crippen LogP contribution < -0.4 is 0 Å². The van der Waals surface area contributed by atoms with E-state index in [9.17, 15) is 0 Å². The van der Waals surface area contributed by atoms with Gasteiger partial charge in [0.25, 0.3) is 0 Å². The third-order valence-corrected chi connectivity index (χ3v) is 4.18. The number of rotatable bonds is 2. The molecule has 2 aliphatic rings. The summed E-state index contributed by atoms with van der Waals surface area (Å²) in [5.41, 5.74) is 0. The van der Waals surface area contributed by atoms with Gasteiger partial charge in [-0.05, 0) is 51.1 Å². The molecule has 0 aromatic heterocycles. The third-order valence-electron chi connectivity index (χ3n) is 3.74. The first-order chi connectivity index (χ1) is 6.84.